The van der Waals surface area contributed by atoms with Crippen LogP contribution in [0.4, 0.5) is 0 Å². The minimum absolute atomic E-state index is 0.0650. The SMILES string of the molecule is Cn1cccc1C1CCCN1Cc1nc2cc(-c3ccc(Cl)cc3)sc2c(=O)[nH]1. The van der Waals surface area contributed by atoms with Crippen molar-refractivity contribution in [3.05, 3.63) is 75.6 Å². The predicted molar refractivity (Wildman–Crippen MR) is 118 cm³/mol. The van der Waals surface area contributed by atoms with Gasteiger partial charge in [-0.05, 0) is 55.3 Å². The van der Waals surface area contributed by atoms with Crippen molar-refractivity contribution in [2.24, 2.45) is 7.05 Å². The highest BCUT2D eigenvalue weighted by Gasteiger charge is 2.28. The van der Waals surface area contributed by atoms with Crippen molar-refractivity contribution in [2.75, 3.05) is 6.54 Å². The fourth-order valence-electron chi connectivity index (χ4n) is 4.18. The number of likely N-dealkylation sites (tertiary alicyclic amines) is 1. The van der Waals surface area contributed by atoms with Crippen molar-refractivity contribution < 1.29 is 0 Å². The molecule has 5 nitrogen and oxygen atoms in total. The van der Waals surface area contributed by atoms with E-state index in [-0.39, 0.29) is 5.56 Å². The maximum Gasteiger partial charge on any atom is 0.268 e. The fourth-order valence-corrected chi connectivity index (χ4v) is 5.31. The summed E-state index contributed by atoms with van der Waals surface area (Å²) in [6.07, 6.45) is 4.37. The highest BCUT2D eigenvalue weighted by molar-refractivity contribution is 7.22. The Hall–Kier alpha value is -2.41. The van der Waals surface area contributed by atoms with Crippen LogP contribution in [0.5, 0.6) is 0 Å². The van der Waals surface area contributed by atoms with Gasteiger partial charge in [-0.15, -0.1) is 11.3 Å². The number of nitrogens with zero attached hydrogens (tertiary/aromatic N) is 3. The largest absolute Gasteiger partial charge is 0.353 e. The van der Waals surface area contributed by atoms with E-state index in [9.17, 15) is 4.79 Å². The fraction of sp³-hybridized carbons (Fsp3) is 0.273. The molecule has 1 N–H and O–H groups in total. The predicted octanol–water partition coefficient (Wildman–Crippen LogP) is 4.98. The molecule has 29 heavy (non-hydrogen) atoms. The summed E-state index contributed by atoms with van der Waals surface area (Å²) in [5, 5.41) is 0.700. The van der Waals surface area contributed by atoms with E-state index in [0.29, 0.717) is 22.3 Å². The molecular formula is C22H21ClN4OS. The number of fused-ring (bicyclic) bond motifs is 1. The van der Waals surface area contributed by atoms with Crippen LogP contribution in [0.1, 0.15) is 30.4 Å². The van der Waals surface area contributed by atoms with Crippen LogP contribution in [-0.4, -0.2) is 26.0 Å². The summed E-state index contributed by atoms with van der Waals surface area (Å²) < 4.78 is 2.85. The Bertz CT molecular complexity index is 1220. The van der Waals surface area contributed by atoms with Gasteiger partial charge in [-0.1, -0.05) is 23.7 Å². The Morgan fingerprint density at radius 1 is 1.28 bits per heavy atom. The lowest BCUT2D eigenvalue weighted by atomic mass is 10.1. The maximum atomic E-state index is 12.7. The number of nitrogens with one attached hydrogen (secondary N) is 1. The van der Waals surface area contributed by atoms with Crippen molar-refractivity contribution in [1.29, 1.82) is 0 Å². The van der Waals surface area contributed by atoms with E-state index >= 15 is 0 Å². The van der Waals surface area contributed by atoms with Gasteiger partial charge >= 0.3 is 0 Å². The highest BCUT2D eigenvalue weighted by Crippen LogP contribution is 2.34. The van der Waals surface area contributed by atoms with Gasteiger partial charge < -0.3 is 9.55 Å². The number of aryl methyl sites for hydroxylation is 1. The molecule has 1 aliphatic heterocycles. The number of aromatic amines is 1. The summed E-state index contributed by atoms with van der Waals surface area (Å²) in [7, 11) is 2.08. The molecule has 1 fully saturated rings. The zero-order valence-electron chi connectivity index (χ0n) is 16.1. The number of thiophene rings is 1. The van der Waals surface area contributed by atoms with E-state index in [4.69, 9.17) is 16.6 Å². The number of hydrogen-bond acceptors (Lipinski definition) is 4. The summed E-state index contributed by atoms with van der Waals surface area (Å²) >= 11 is 7.46. The van der Waals surface area contributed by atoms with Crippen LogP contribution in [0, 0.1) is 0 Å². The van der Waals surface area contributed by atoms with Crippen LogP contribution in [0.15, 0.2) is 53.5 Å². The van der Waals surface area contributed by atoms with E-state index < -0.39 is 0 Å². The molecule has 0 bridgehead atoms. The van der Waals surface area contributed by atoms with Crippen LogP contribution >= 0.6 is 22.9 Å². The minimum atomic E-state index is -0.0650. The first kappa shape index (κ1) is 18.6. The number of hydrogen-bond donors (Lipinski definition) is 1. The summed E-state index contributed by atoms with van der Waals surface area (Å²) in [5.41, 5.74) is 3.05. The average Bonchev–Trinajstić information content (AvgIpc) is 3.42. The molecule has 1 aromatic carbocycles. The normalized spacial score (nSPS) is 17.4. The molecule has 0 aliphatic carbocycles. The molecule has 4 heterocycles. The quantitative estimate of drug-likeness (QED) is 0.502. The smallest absolute Gasteiger partial charge is 0.268 e. The first-order chi connectivity index (χ1) is 14.1. The standard InChI is InChI=1S/C22H21ClN4OS/c1-26-10-2-4-17(26)18-5-3-11-27(18)13-20-24-16-12-19(29-21(16)22(28)25-20)14-6-8-15(23)9-7-14/h2,4,6-10,12,18H,3,5,11,13H2,1H3,(H,24,25,28). The Balaban J connectivity index is 1.46. The van der Waals surface area contributed by atoms with Gasteiger partial charge in [0.15, 0.2) is 0 Å². The summed E-state index contributed by atoms with van der Waals surface area (Å²) in [4.78, 5) is 23.9. The third kappa shape index (κ3) is 3.52. The van der Waals surface area contributed by atoms with Gasteiger partial charge in [-0.3, -0.25) is 9.69 Å². The van der Waals surface area contributed by atoms with E-state index in [1.807, 2.05) is 30.3 Å². The van der Waals surface area contributed by atoms with Crippen molar-refractivity contribution in [3.8, 4) is 10.4 Å². The number of halogens is 1. The lowest BCUT2D eigenvalue weighted by Crippen LogP contribution is -2.26. The van der Waals surface area contributed by atoms with Crippen LogP contribution in [-0.2, 0) is 13.6 Å². The zero-order valence-corrected chi connectivity index (χ0v) is 17.6. The molecule has 1 saturated heterocycles. The molecule has 1 atom stereocenters. The Morgan fingerprint density at radius 3 is 2.86 bits per heavy atom. The lowest BCUT2D eigenvalue weighted by molar-refractivity contribution is 0.235. The van der Waals surface area contributed by atoms with Gasteiger partial charge in [0.2, 0.25) is 0 Å². The zero-order chi connectivity index (χ0) is 20.0. The van der Waals surface area contributed by atoms with Gasteiger partial charge in [-0.2, -0.15) is 0 Å². The Morgan fingerprint density at radius 2 is 2.10 bits per heavy atom. The number of aromatic nitrogens is 3. The van der Waals surface area contributed by atoms with Gasteiger partial charge in [0.25, 0.3) is 5.56 Å². The summed E-state index contributed by atoms with van der Waals surface area (Å²) in [6.45, 7) is 1.66. The minimum Gasteiger partial charge on any atom is -0.353 e. The van der Waals surface area contributed by atoms with Crippen LogP contribution < -0.4 is 5.56 Å². The monoisotopic (exact) mass is 424 g/mol. The number of rotatable bonds is 4. The van der Waals surface area contributed by atoms with Crippen molar-refractivity contribution in [3.63, 3.8) is 0 Å². The lowest BCUT2D eigenvalue weighted by Gasteiger charge is -2.24. The van der Waals surface area contributed by atoms with Crippen molar-refractivity contribution in [1.82, 2.24) is 19.4 Å². The molecule has 0 spiro atoms. The molecule has 0 saturated carbocycles. The van der Waals surface area contributed by atoms with Gasteiger partial charge in [0.1, 0.15) is 10.5 Å². The van der Waals surface area contributed by atoms with Crippen LogP contribution in [0.3, 0.4) is 0 Å². The van der Waals surface area contributed by atoms with E-state index in [2.05, 4.69) is 39.8 Å². The molecule has 1 aliphatic rings. The number of benzene rings is 1. The molecule has 0 amide bonds. The third-order valence-corrected chi connectivity index (χ3v) is 7.03. The number of H-pyrrole nitrogens is 1. The van der Waals surface area contributed by atoms with Gasteiger partial charge in [-0.25, -0.2) is 4.98 Å². The van der Waals surface area contributed by atoms with Crippen LogP contribution in [0.2, 0.25) is 5.02 Å². The molecule has 4 aromatic rings. The molecule has 7 heteroatoms. The molecule has 5 rings (SSSR count). The first-order valence-corrected chi connectivity index (χ1v) is 10.9. The van der Waals surface area contributed by atoms with E-state index in [1.54, 1.807) is 0 Å². The van der Waals surface area contributed by atoms with Crippen molar-refractivity contribution >= 4 is 33.2 Å². The first-order valence-electron chi connectivity index (χ1n) is 9.72. The summed E-state index contributed by atoms with van der Waals surface area (Å²) in [5.74, 6) is 0.726. The van der Waals surface area contributed by atoms with E-state index in [0.717, 1.165) is 41.2 Å². The Labute approximate surface area is 177 Å². The molecule has 1 unspecified atom stereocenters. The second kappa shape index (κ2) is 7.44. The van der Waals surface area contributed by atoms with Gasteiger partial charge in [0.05, 0.1) is 18.1 Å². The highest BCUT2D eigenvalue weighted by atomic mass is 35.5. The second-order valence-corrected chi connectivity index (χ2v) is 9.01. The molecule has 148 valence electrons. The van der Waals surface area contributed by atoms with Gasteiger partial charge in [0, 0.05) is 28.8 Å². The molecule has 0 radical (unpaired) electrons. The third-order valence-electron chi connectivity index (χ3n) is 5.60. The van der Waals surface area contributed by atoms with E-state index in [1.165, 1.54) is 17.0 Å². The topological polar surface area (TPSA) is 53.9 Å². The maximum absolute atomic E-state index is 12.7. The van der Waals surface area contributed by atoms with Crippen molar-refractivity contribution in [2.45, 2.75) is 25.4 Å². The second-order valence-electron chi connectivity index (χ2n) is 7.52. The average molecular weight is 425 g/mol. The Kier molecular flexibility index (Phi) is 4.78. The van der Waals surface area contributed by atoms with Crippen LogP contribution in [0.25, 0.3) is 20.7 Å². The summed E-state index contributed by atoms with van der Waals surface area (Å²) in [6, 6.07) is 14.3. The molecular weight excluding hydrogens is 404 g/mol. The molecule has 3 aromatic heterocycles.